The van der Waals surface area contributed by atoms with Gasteiger partial charge in [0.2, 0.25) is 0 Å². The van der Waals surface area contributed by atoms with E-state index in [1.54, 1.807) is 17.7 Å². The van der Waals surface area contributed by atoms with E-state index in [1.807, 2.05) is 30.3 Å². The first-order chi connectivity index (χ1) is 9.22. The minimum absolute atomic E-state index is 0.679. The lowest BCUT2D eigenvalue weighted by atomic mass is 10.2. The number of nitrogen functional groups attached to an aromatic ring is 1. The number of nitrogens with two attached hydrogens (primary N) is 1. The van der Waals surface area contributed by atoms with Gasteiger partial charge in [-0.3, -0.25) is 0 Å². The fraction of sp³-hybridized carbons (Fsp3) is 0.0769. The van der Waals surface area contributed by atoms with Gasteiger partial charge in [0.05, 0.1) is 16.4 Å². The molecule has 2 heterocycles. The number of nitrogens with one attached hydrogen (secondary N) is 1. The van der Waals surface area contributed by atoms with Gasteiger partial charge in [0.1, 0.15) is 12.1 Å². The number of anilines is 2. The Kier molecular flexibility index (Phi) is 3.23. The molecule has 0 fully saturated rings. The number of nitrogens with zero attached hydrogens (tertiary/aromatic N) is 2. The van der Waals surface area contributed by atoms with Gasteiger partial charge >= 0.3 is 0 Å². The van der Waals surface area contributed by atoms with Crippen LogP contribution in [-0.4, -0.2) is 9.97 Å². The first kappa shape index (κ1) is 12.2. The Balaban J connectivity index is 1.90. The van der Waals surface area contributed by atoms with Crippen LogP contribution in [0.2, 0.25) is 4.34 Å². The van der Waals surface area contributed by atoms with Crippen molar-refractivity contribution in [2.75, 3.05) is 11.1 Å². The van der Waals surface area contributed by atoms with Crippen LogP contribution in [0.3, 0.4) is 0 Å². The minimum Gasteiger partial charge on any atom is -0.399 e. The van der Waals surface area contributed by atoms with E-state index >= 15 is 0 Å². The second-order valence-corrected chi connectivity index (χ2v) is 5.86. The molecule has 3 N–H and O–H groups in total. The van der Waals surface area contributed by atoms with E-state index < -0.39 is 0 Å². The third kappa shape index (κ3) is 2.62. The molecule has 0 aliphatic rings. The van der Waals surface area contributed by atoms with Gasteiger partial charge in [-0.15, -0.1) is 11.3 Å². The highest BCUT2D eigenvalue weighted by atomic mass is 35.5. The second-order valence-electron chi connectivity index (χ2n) is 4.06. The van der Waals surface area contributed by atoms with Crippen molar-refractivity contribution in [1.29, 1.82) is 0 Å². The third-order valence-electron chi connectivity index (χ3n) is 2.72. The summed E-state index contributed by atoms with van der Waals surface area (Å²) < 4.78 is 0.786. The topological polar surface area (TPSA) is 63.8 Å². The van der Waals surface area contributed by atoms with Crippen molar-refractivity contribution in [3.8, 4) is 0 Å². The number of hydrogen-bond donors (Lipinski definition) is 2. The Hall–Kier alpha value is -1.85. The monoisotopic (exact) mass is 290 g/mol. The molecule has 0 unspecified atom stereocenters. The van der Waals surface area contributed by atoms with Gasteiger partial charge in [0.15, 0.2) is 0 Å². The first-order valence-corrected chi connectivity index (χ1v) is 6.90. The van der Waals surface area contributed by atoms with E-state index in [4.69, 9.17) is 17.3 Å². The molecule has 0 atom stereocenters. The molecule has 96 valence electrons. The molecule has 0 radical (unpaired) electrons. The lowest BCUT2D eigenvalue weighted by Crippen LogP contribution is -2.01. The summed E-state index contributed by atoms with van der Waals surface area (Å²) in [6.45, 7) is 0.679. The fourth-order valence-corrected chi connectivity index (χ4v) is 2.86. The average Bonchev–Trinajstić information content (AvgIpc) is 2.82. The summed E-state index contributed by atoms with van der Waals surface area (Å²) in [6, 6.07) is 9.48. The molecule has 19 heavy (non-hydrogen) atoms. The van der Waals surface area contributed by atoms with Gasteiger partial charge in [-0.05, 0) is 30.3 Å². The van der Waals surface area contributed by atoms with E-state index in [0.717, 1.165) is 25.9 Å². The fourth-order valence-electron chi connectivity index (χ4n) is 1.83. The zero-order valence-corrected chi connectivity index (χ0v) is 11.5. The number of rotatable bonds is 3. The molecule has 0 spiro atoms. The van der Waals surface area contributed by atoms with Crippen molar-refractivity contribution in [2.45, 2.75) is 6.54 Å². The Morgan fingerprint density at radius 2 is 2.11 bits per heavy atom. The number of benzene rings is 1. The molecule has 0 saturated heterocycles. The van der Waals surface area contributed by atoms with Crippen molar-refractivity contribution in [1.82, 2.24) is 9.97 Å². The van der Waals surface area contributed by atoms with Gasteiger partial charge in [0, 0.05) is 16.0 Å². The zero-order valence-electron chi connectivity index (χ0n) is 9.93. The van der Waals surface area contributed by atoms with Crippen LogP contribution in [0.4, 0.5) is 11.5 Å². The third-order valence-corrected chi connectivity index (χ3v) is 3.95. The van der Waals surface area contributed by atoms with Crippen molar-refractivity contribution in [3.05, 3.63) is 45.9 Å². The van der Waals surface area contributed by atoms with Crippen LogP contribution in [-0.2, 0) is 6.54 Å². The molecule has 3 aromatic rings. The minimum atomic E-state index is 0.679. The van der Waals surface area contributed by atoms with Crippen molar-refractivity contribution in [2.24, 2.45) is 0 Å². The van der Waals surface area contributed by atoms with E-state index in [2.05, 4.69) is 15.3 Å². The molecule has 2 aromatic heterocycles. The zero-order chi connectivity index (χ0) is 13.2. The predicted molar refractivity (Wildman–Crippen MR) is 80.6 cm³/mol. The highest BCUT2D eigenvalue weighted by molar-refractivity contribution is 7.16. The van der Waals surface area contributed by atoms with Crippen molar-refractivity contribution < 1.29 is 0 Å². The standard InChI is InChI=1S/C13H11ClN4S/c14-12-4-2-9(19-12)6-16-13-10-5-8(15)1-3-11(10)17-7-18-13/h1-5,7H,6,15H2,(H,16,17,18). The maximum absolute atomic E-state index is 5.91. The molecule has 3 rings (SSSR count). The molecule has 0 aliphatic heterocycles. The molecule has 0 bridgehead atoms. The molecule has 6 heteroatoms. The van der Waals surface area contributed by atoms with Crippen LogP contribution in [0, 0.1) is 0 Å². The Morgan fingerprint density at radius 1 is 1.21 bits per heavy atom. The largest absolute Gasteiger partial charge is 0.399 e. The lowest BCUT2D eigenvalue weighted by Gasteiger charge is -2.07. The van der Waals surface area contributed by atoms with Crippen molar-refractivity contribution >= 4 is 45.3 Å². The van der Waals surface area contributed by atoms with Gasteiger partial charge < -0.3 is 11.1 Å². The molecule has 0 amide bonds. The Morgan fingerprint density at radius 3 is 2.89 bits per heavy atom. The normalized spacial score (nSPS) is 10.8. The molecule has 0 aliphatic carbocycles. The van der Waals surface area contributed by atoms with E-state index in [1.165, 1.54) is 0 Å². The highest BCUT2D eigenvalue weighted by Crippen LogP contribution is 2.25. The smallest absolute Gasteiger partial charge is 0.137 e. The lowest BCUT2D eigenvalue weighted by molar-refractivity contribution is 1.13. The summed E-state index contributed by atoms with van der Waals surface area (Å²) in [4.78, 5) is 9.63. The molecule has 4 nitrogen and oxygen atoms in total. The van der Waals surface area contributed by atoms with Gasteiger partial charge in [-0.25, -0.2) is 9.97 Å². The molecular weight excluding hydrogens is 280 g/mol. The number of hydrogen-bond acceptors (Lipinski definition) is 5. The predicted octanol–water partition coefficient (Wildman–Crippen LogP) is 3.54. The van der Waals surface area contributed by atoms with Crippen molar-refractivity contribution in [3.63, 3.8) is 0 Å². The van der Waals surface area contributed by atoms with E-state index in [9.17, 15) is 0 Å². The summed E-state index contributed by atoms with van der Waals surface area (Å²) in [5, 5.41) is 4.21. The first-order valence-electron chi connectivity index (χ1n) is 5.71. The summed E-state index contributed by atoms with van der Waals surface area (Å²) >= 11 is 7.46. The maximum Gasteiger partial charge on any atom is 0.137 e. The highest BCUT2D eigenvalue weighted by Gasteiger charge is 2.05. The molecule has 0 saturated carbocycles. The van der Waals surface area contributed by atoms with Crippen LogP contribution in [0.25, 0.3) is 10.9 Å². The summed E-state index contributed by atoms with van der Waals surface area (Å²) in [7, 11) is 0. The van der Waals surface area contributed by atoms with Crippen LogP contribution < -0.4 is 11.1 Å². The Labute approximate surface area is 119 Å². The van der Waals surface area contributed by atoms with E-state index in [-0.39, 0.29) is 0 Å². The number of fused-ring (bicyclic) bond motifs is 1. The van der Waals surface area contributed by atoms with E-state index in [0.29, 0.717) is 12.2 Å². The van der Waals surface area contributed by atoms with Crippen LogP contribution in [0.15, 0.2) is 36.7 Å². The number of aromatic nitrogens is 2. The quantitative estimate of drug-likeness (QED) is 0.724. The van der Waals surface area contributed by atoms with Gasteiger partial charge in [-0.1, -0.05) is 11.6 Å². The van der Waals surface area contributed by atoms with Gasteiger partial charge in [0.25, 0.3) is 0 Å². The average molecular weight is 291 g/mol. The SMILES string of the molecule is Nc1ccc2ncnc(NCc3ccc(Cl)s3)c2c1. The number of halogens is 1. The molecular formula is C13H11ClN4S. The van der Waals surface area contributed by atoms with Crippen LogP contribution in [0.1, 0.15) is 4.88 Å². The Bertz CT molecular complexity index is 725. The number of thiophene rings is 1. The summed E-state index contributed by atoms with van der Waals surface area (Å²) in [5.74, 6) is 0.779. The van der Waals surface area contributed by atoms with Crippen LogP contribution in [0.5, 0.6) is 0 Å². The molecule has 1 aromatic carbocycles. The van der Waals surface area contributed by atoms with Crippen LogP contribution >= 0.6 is 22.9 Å². The maximum atomic E-state index is 5.91. The summed E-state index contributed by atoms with van der Waals surface area (Å²) in [5.41, 5.74) is 7.37. The van der Waals surface area contributed by atoms with Gasteiger partial charge in [-0.2, -0.15) is 0 Å². The summed E-state index contributed by atoms with van der Waals surface area (Å²) in [6.07, 6.45) is 1.54. The second kappa shape index (κ2) is 5.03.